The Hall–Kier alpha value is -4.03. The minimum Gasteiger partial charge on any atom is -0.489 e. The van der Waals surface area contributed by atoms with Crippen LogP contribution in [0.1, 0.15) is 41.7 Å². The van der Waals surface area contributed by atoms with Gasteiger partial charge in [-0.15, -0.1) is 0 Å². The Morgan fingerprint density at radius 2 is 1.43 bits per heavy atom. The summed E-state index contributed by atoms with van der Waals surface area (Å²) in [4.78, 5) is 14.9. The molecule has 4 aromatic rings. The zero-order valence-corrected chi connectivity index (χ0v) is 20.1. The van der Waals surface area contributed by atoms with Crippen LogP contribution in [0.4, 0.5) is 14.5 Å². The van der Waals surface area contributed by atoms with Crippen molar-refractivity contribution < 1.29 is 23.4 Å². The summed E-state index contributed by atoms with van der Waals surface area (Å²) in [5.41, 5.74) is 3.23. The van der Waals surface area contributed by atoms with Gasteiger partial charge in [0.25, 0.3) is 0 Å². The van der Waals surface area contributed by atoms with Gasteiger partial charge in [-0.05, 0) is 78.1 Å². The van der Waals surface area contributed by atoms with Crippen LogP contribution >= 0.6 is 0 Å². The normalized spacial score (nSPS) is 17.8. The molecule has 1 unspecified atom stereocenters. The van der Waals surface area contributed by atoms with E-state index in [-0.39, 0.29) is 29.5 Å². The Kier molecular flexibility index (Phi) is 7.28. The fraction of sp³-hybridized carbons (Fsp3) is 0.194. The lowest BCUT2D eigenvalue weighted by molar-refractivity contribution is -0.131. The summed E-state index contributed by atoms with van der Waals surface area (Å²) in [6, 6.07) is 28.9. The molecule has 6 heteroatoms. The molecule has 37 heavy (non-hydrogen) atoms. The highest BCUT2D eigenvalue weighted by Gasteiger charge is 2.48. The molecule has 3 atom stereocenters. The predicted molar refractivity (Wildman–Crippen MR) is 138 cm³/mol. The molecule has 1 aliphatic heterocycles. The summed E-state index contributed by atoms with van der Waals surface area (Å²) in [5.74, 6) is -0.443. The maximum atomic E-state index is 13.5. The first kappa shape index (κ1) is 24.7. The number of hydrogen-bond acceptors (Lipinski definition) is 3. The zero-order valence-electron chi connectivity index (χ0n) is 20.1. The summed E-state index contributed by atoms with van der Waals surface area (Å²) >= 11 is 0. The van der Waals surface area contributed by atoms with Crippen molar-refractivity contribution in [3.63, 3.8) is 0 Å². The van der Waals surface area contributed by atoms with Gasteiger partial charge in [0.1, 0.15) is 24.0 Å². The molecule has 1 aliphatic rings. The zero-order chi connectivity index (χ0) is 25.8. The average molecular weight is 500 g/mol. The van der Waals surface area contributed by atoms with Crippen LogP contribution in [-0.2, 0) is 11.4 Å². The number of β-lactam (4-membered cyclic amide) rings is 1. The molecule has 0 bridgehead atoms. The fourth-order valence-corrected chi connectivity index (χ4v) is 4.79. The summed E-state index contributed by atoms with van der Waals surface area (Å²) in [6.45, 7) is 0.452. The first-order valence-electron chi connectivity index (χ1n) is 12.3. The number of anilines is 1. The summed E-state index contributed by atoms with van der Waals surface area (Å²) < 4.78 is 32.7. The monoisotopic (exact) mass is 499 g/mol. The minimum atomic E-state index is -0.803. The molecule has 1 amide bonds. The minimum absolute atomic E-state index is 0.0766. The number of nitrogens with zero attached hydrogens (tertiary/aromatic N) is 1. The van der Waals surface area contributed by atoms with Crippen molar-refractivity contribution in [3.8, 4) is 5.75 Å². The number of halogens is 2. The van der Waals surface area contributed by atoms with Crippen molar-refractivity contribution in [1.29, 1.82) is 0 Å². The van der Waals surface area contributed by atoms with Gasteiger partial charge in [-0.25, -0.2) is 8.78 Å². The van der Waals surface area contributed by atoms with Crippen molar-refractivity contribution in [1.82, 2.24) is 0 Å². The largest absolute Gasteiger partial charge is 0.489 e. The quantitative estimate of drug-likeness (QED) is 0.259. The lowest BCUT2D eigenvalue weighted by Crippen LogP contribution is -2.55. The third-order valence-electron chi connectivity index (χ3n) is 6.79. The molecular weight excluding hydrogens is 472 g/mol. The standard InChI is InChI=1S/C31H27F2NO3/c32-24-10-6-22(7-11-24)29(35)19-18-28-30(34(31(28)36)26-14-12-25(33)13-15-26)23-8-16-27(17-9-23)37-20-21-4-2-1-3-5-21/h1-17,28-30,35H,18-20H2/t28-,29+,30?/m1/s1. The van der Waals surface area contributed by atoms with Crippen molar-refractivity contribution in [2.75, 3.05) is 4.90 Å². The Balaban J connectivity index is 1.32. The highest BCUT2D eigenvalue weighted by molar-refractivity contribution is 6.03. The highest BCUT2D eigenvalue weighted by atomic mass is 19.1. The molecule has 1 heterocycles. The van der Waals surface area contributed by atoms with Crippen LogP contribution in [0.3, 0.4) is 0 Å². The van der Waals surface area contributed by atoms with Gasteiger partial charge < -0.3 is 14.7 Å². The molecule has 0 radical (unpaired) electrons. The number of aliphatic hydroxyl groups is 1. The maximum Gasteiger partial charge on any atom is 0.233 e. The number of benzene rings is 4. The predicted octanol–water partition coefficient (Wildman–Crippen LogP) is 6.76. The summed E-state index contributed by atoms with van der Waals surface area (Å²) in [6.07, 6.45) is 0.00255. The SMILES string of the molecule is O=C1[C@H](CC[C@H](O)c2ccc(F)cc2)C(c2ccc(OCc3ccccc3)cc2)N1c1ccc(F)cc1. The molecule has 5 rings (SSSR count). The van der Waals surface area contributed by atoms with Crippen LogP contribution in [0.25, 0.3) is 0 Å². The smallest absolute Gasteiger partial charge is 0.233 e. The number of carbonyl (C=O) groups is 1. The fourth-order valence-electron chi connectivity index (χ4n) is 4.79. The number of rotatable bonds is 9. The molecule has 0 aromatic heterocycles. The number of hydrogen-bond donors (Lipinski definition) is 1. The van der Waals surface area contributed by atoms with E-state index in [1.54, 1.807) is 29.2 Å². The molecule has 4 aromatic carbocycles. The van der Waals surface area contributed by atoms with Gasteiger partial charge in [0.05, 0.1) is 18.1 Å². The molecule has 1 fully saturated rings. The van der Waals surface area contributed by atoms with Crippen molar-refractivity contribution >= 4 is 11.6 Å². The van der Waals surface area contributed by atoms with E-state index in [0.717, 1.165) is 16.9 Å². The topological polar surface area (TPSA) is 49.8 Å². The van der Waals surface area contributed by atoms with E-state index in [1.807, 2.05) is 54.6 Å². The Labute approximate surface area is 214 Å². The molecule has 4 nitrogen and oxygen atoms in total. The third-order valence-corrected chi connectivity index (χ3v) is 6.79. The highest BCUT2D eigenvalue weighted by Crippen LogP contribution is 2.46. The van der Waals surface area contributed by atoms with Crippen molar-refractivity contribution in [2.24, 2.45) is 5.92 Å². The molecule has 0 saturated carbocycles. The van der Waals surface area contributed by atoms with Crippen LogP contribution < -0.4 is 9.64 Å². The van der Waals surface area contributed by atoms with Gasteiger partial charge in [0, 0.05) is 5.69 Å². The number of amides is 1. The second-order valence-corrected chi connectivity index (χ2v) is 9.22. The van der Waals surface area contributed by atoms with Gasteiger partial charge in [-0.1, -0.05) is 54.6 Å². The van der Waals surface area contributed by atoms with Gasteiger partial charge in [0.2, 0.25) is 5.91 Å². The molecule has 0 spiro atoms. The molecular formula is C31H27F2NO3. The van der Waals surface area contributed by atoms with Crippen LogP contribution in [0.15, 0.2) is 103 Å². The van der Waals surface area contributed by atoms with Crippen LogP contribution in [-0.4, -0.2) is 11.0 Å². The molecule has 0 aliphatic carbocycles. The second-order valence-electron chi connectivity index (χ2n) is 9.22. The molecule has 1 N–H and O–H groups in total. The Morgan fingerprint density at radius 1 is 0.811 bits per heavy atom. The van der Waals surface area contributed by atoms with Gasteiger partial charge >= 0.3 is 0 Å². The van der Waals surface area contributed by atoms with Crippen molar-refractivity contribution in [3.05, 3.63) is 131 Å². The van der Waals surface area contributed by atoms with Gasteiger partial charge in [0.15, 0.2) is 0 Å². The summed E-state index contributed by atoms with van der Waals surface area (Å²) in [7, 11) is 0. The van der Waals surface area contributed by atoms with Gasteiger partial charge in [-0.3, -0.25) is 4.79 Å². The summed E-state index contributed by atoms with van der Waals surface area (Å²) in [5, 5.41) is 10.6. The van der Waals surface area contributed by atoms with Crippen LogP contribution in [0.5, 0.6) is 5.75 Å². The van der Waals surface area contributed by atoms with E-state index < -0.39 is 6.10 Å². The Bertz CT molecular complexity index is 1330. The number of aliphatic hydroxyl groups excluding tert-OH is 1. The number of carbonyl (C=O) groups excluding carboxylic acids is 1. The van der Waals surface area contributed by atoms with E-state index in [1.165, 1.54) is 24.3 Å². The second kappa shape index (κ2) is 10.9. The number of ether oxygens (including phenoxy) is 1. The van der Waals surface area contributed by atoms with Crippen molar-refractivity contribution in [2.45, 2.75) is 31.6 Å². The van der Waals surface area contributed by atoms with Crippen LogP contribution in [0.2, 0.25) is 0 Å². The van der Waals surface area contributed by atoms with E-state index in [9.17, 15) is 18.7 Å². The van der Waals surface area contributed by atoms with E-state index >= 15 is 0 Å². The Morgan fingerprint density at radius 3 is 2.08 bits per heavy atom. The lowest BCUT2D eigenvalue weighted by atomic mass is 9.78. The third kappa shape index (κ3) is 5.54. The van der Waals surface area contributed by atoms with E-state index in [2.05, 4.69) is 0 Å². The molecule has 1 saturated heterocycles. The average Bonchev–Trinajstić information content (AvgIpc) is 2.93. The first-order chi connectivity index (χ1) is 18.0. The lowest BCUT2D eigenvalue weighted by Gasteiger charge is -2.48. The van der Waals surface area contributed by atoms with Crippen LogP contribution in [0, 0.1) is 17.6 Å². The van der Waals surface area contributed by atoms with E-state index in [0.29, 0.717) is 30.7 Å². The van der Waals surface area contributed by atoms with Gasteiger partial charge in [-0.2, -0.15) is 0 Å². The molecule has 188 valence electrons. The van der Waals surface area contributed by atoms with E-state index in [4.69, 9.17) is 4.74 Å². The maximum absolute atomic E-state index is 13.5. The first-order valence-corrected chi connectivity index (χ1v) is 12.3.